The first-order valence-corrected chi connectivity index (χ1v) is 12.3. The molecule has 0 bridgehead atoms. The zero-order valence-electron chi connectivity index (χ0n) is 16.9. The standard InChI is InChI=1S/C20H29N3O3S2/c1-5-7-15(8-6-2)13-18(19(24)22-20-21-14(3)23-27-20)16-9-11-17(12-10-16)28(4,25)26/h9-12,15,18H,5-8,13H2,1-4H3,(H,21,22,23,24). The molecule has 1 amide bonds. The van der Waals surface area contributed by atoms with E-state index in [1.165, 1.54) is 6.26 Å². The molecule has 1 atom stereocenters. The first kappa shape index (κ1) is 22.5. The van der Waals surface area contributed by atoms with Crippen LogP contribution >= 0.6 is 11.5 Å². The number of aromatic nitrogens is 2. The molecule has 1 N–H and O–H groups in total. The Kier molecular flexibility index (Phi) is 8.12. The number of carbonyl (C=O) groups excluding carboxylic acids is 1. The van der Waals surface area contributed by atoms with Crippen LogP contribution in [0, 0.1) is 12.8 Å². The van der Waals surface area contributed by atoms with Crippen LogP contribution in [0.15, 0.2) is 29.2 Å². The Morgan fingerprint density at radius 3 is 2.21 bits per heavy atom. The summed E-state index contributed by atoms with van der Waals surface area (Å²) in [6, 6.07) is 6.66. The molecule has 2 rings (SSSR count). The number of rotatable bonds is 10. The van der Waals surface area contributed by atoms with Gasteiger partial charge in [-0.05, 0) is 37.0 Å². The summed E-state index contributed by atoms with van der Waals surface area (Å²) in [6.45, 7) is 6.09. The van der Waals surface area contributed by atoms with E-state index in [1.807, 2.05) is 0 Å². The first-order chi connectivity index (χ1) is 13.2. The summed E-state index contributed by atoms with van der Waals surface area (Å²) in [4.78, 5) is 17.5. The number of aryl methyl sites for hydroxylation is 1. The normalized spacial score (nSPS) is 12.9. The van der Waals surface area contributed by atoms with Gasteiger partial charge in [0.25, 0.3) is 0 Å². The zero-order valence-corrected chi connectivity index (χ0v) is 18.6. The molecular weight excluding hydrogens is 394 g/mol. The molecule has 154 valence electrons. The molecule has 2 aromatic rings. The van der Waals surface area contributed by atoms with Crippen LogP contribution < -0.4 is 5.32 Å². The summed E-state index contributed by atoms with van der Waals surface area (Å²) in [5, 5.41) is 3.37. The minimum absolute atomic E-state index is 0.125. The number of carbonyl (C=O) groups is 1. The van der Waals surface area contributed by atoms with Crippen LogP contribution in [0.4, 0.5) is 5.13 Å². The molecule has 6 nitrogen and oxygen atoms in total. The average molecular weight is 424 g/mol. The van der Waals surface area contributed by atoms with Gasteiger partial charge in [0, 0.05) is 17.8 Å². The van der Waals surface area contributed by atoms with Crippen molar-refractivity contribution in [3.63, 3.8) is 0 Å². The van der Waals surface area contributed by atoms with Gasteiger partial charge < -0.3 is 5.32 Å². The van der Waals surface area contributed by atoms with E-state index in [0.717, 1.165) is 49.2 Å². The van der Waals surface area contributed by atoms with Crippen LogP contribution in [-0.2, 0) is 14.6 Å². The molecule has 28 heavy (non-hydrogen) atoms. The van der Waals surface area contributed by atoms with E-state index in [9.17, 15) is 13.2 Å². The van der Waals surface area contributed by atoms with E-state index in [-0.39, 0.29) is 16.7 Å². The van der Waals surface area contributed by atoms with Crippen molar-refractivity contribution >= 4 is 32.4 Å². The lowest BCUT2D eigenvalue weighted by Crippen LogP contribution is -2.23. The number of amides is 1. The van der Waals surface area contributed by atoms with Crippen LogP contribution in [0.1, 0.15) is 63.3 Å². The van der Waals surface area contributed by atoms with Crippen LogP contribution in [0.3, 0.4) is 0 Å². The van der Waals surface area contributed by atoms with Gasteiger partial charge >= 0.3 is 0 Å². The number of nitrogens with zero attached hydrogens (tertiary/aromatic N) is 2. The smallest absolute Gasteiger partial charge is 0.233 e. The van der Waals surface area contributed by atoms with Gasteiger partial charge in [0.15, 0.2) is 9.84 Å². The van der Waals surface area contributed by atoms with E-state index < -0.39 is 9.84 Å². The van der Waals surface area contributed by atoms with E-state index in [4.69, 9.17) is 0 Å². The third kappa shape index (κ3) is 6.38. The Hall–Kier alpha value is -1.80. The van der Waals surface area contributed by atoms with E-state index >= 15 is 0 Å². The van der Waals surface area contributed by atoms with Crippen molar-refractivity contribution in [2.45, 2.75) is 63.7 Å². The quantitative estimate of drug-likeness (QED) is 0.604. The highest BCUT2D eigenvalue weighted by atomic mass is 32.2. The fourth-order valence-electron chi connectivity index (χ4n) is 3.41. The summed E-state index contributed by atoms with van der Waals surface area (Å²) in [5.41, 5.74) is 0.823. The maximum atomic E-state index is 13.1. The predicted molar refractivity (Wildman–Crippen MR) is 113 cm³/mol. The molecule has 0 fully saturated rings. The van der Waals surface area contributed by atoms with Gasteiger partial charge in [-0.2, -0.15) is 4.37 Å². The molecule has 0 aliphatic heterocycles. The van der Waals surface area contributed by atoms with Crippen LogP contribution in [0.2, 0.25) is 0 Å². The number of anilines is 1. The monoisotopic (exact) mass is 423 g/mol. The Morgan fingerprint density at radius 1 is 1.14 bits per heavy atom. The van der Waals surface area contributed by atoms with Crippen LogP contribution in [0.25, 0.3) is 0 Å². The highest BCUT2D eigenvalue weighted by Gasteiger charge is 2.25. The molecule has 1 aromatic carbocycles. The Balaban J connectivity index is 2.29. The number of sulfone groups is 1. The molecule has 0 spiro atoms. The maximum absolute atomic E-state index is 13.1. The van der Waals surface area contributed by atoms with Gasteiger partial charge in [0.1, 0.15) is 5.82 Å². The van der Waals surface area contributed by atoms with Crippen molar-refractivity contribution in [1.82, 2.24) is 9.36 Å². The lowest BCUT2D eigenvalue weighted by Gasteiger charge is -2.23. The molecule has 0 aliphatic rings. The second-order valence-corrected chi connectivity index (χ2v) is 9.98. The van der Waals surface area contributed by atoms with E-state index in [0.29, 0.717) is 16.9 Å². The number of hydrogen-bond donors (Lipinski definition) is 1. The Morgan fingerprint density at radius 2 is 1.75 bits per heavy atom. The predicted octanol–water partition coefficient (Wildman–Crippen LogP) is 4.58. The van der Waals surface area contributed by atoms with E-state index in [2.05, 4.69) is 28.5 Å². The molecule has 8 heteroatoms. The van der Waals surface area contributed by atoms with Crippen molar-refractivity contribution in [1.29, 1.82) is 0 Å². The zero-order chi connectivity index (χ0) is 20.7. The van der Waals surface area contributed by atoms with Gasteiger partial charge in [-0.3, -0.25) is 4.79 Å². The number of benzene rings is 1. The second-order valence-electron chi connectivity index (χ2n) is 7.21. The topological polar surface area (TPSA) is 89.0 Å². The van der Waals surface area contributed by atoms with E-state index in [1.54, 1.807) is 31.2 Å². The molecule has 0 radical (unpaired) electrons. The molecule has 1 unspecified atom stereocenters. The second kappa shape index (κ2) is 10.1. The Labute approximate surface area is 171 Å². The number of hydrogen-bond acceptors (Lipinski definition) is 6. The Bertz CT molecular complexity index is 870. The SMILES string of the molecule is CCCC(CCC)CC(C(=O)Nc1nc(C)ns1)c1ccc(S(C)(=O)=O)cc1. The fourth-order valence-corrected chi connectivity index (χ4v) is 4.62. The minimum atomic E-state index is -3.27. The van der Waals surface area contributed by atoms with Crippen molar-refractivity contribution in [2.75, 3.05) is 11.6 Å². The highest BCUT2D eigenvalue weighted by Crippen LogP contribution is 2.31. The van der Waals surface area contributed by atoms with Crippen molar-refractivity contribution in [2.24, 2.45) is 5.92 Å². The fraction of sp³-hybridized carbons (Fsp3) is 0.550. The number of nitrogens with one attached hydrogen (secondary N) is 1. The summed E-state index contributed by atoms with van der Waals surface area (Å²) >= 11 is 1.16. The third-order valence-electron chi connectivity index (χ3n) is 4.75. The molecular formula is C20H29N3O3S2. The highest BCUT2D eigenvalue weighted by molar-refractivity contribution is 7.90. The first-order valence-electron chi connectivity index (χ1n) is 9.65. The van der Waals surface area contributed by atoms with Crippen molar-refractivity contribution in [3.05, 3.63) is 35.7 Å². The van der Waals surface area contributed by atoms with Crippen LogP contribution in [-0.4, -0.2) is 29.9 Å². The molecule has 0 aliphatic carbocycles. The summed E-state index contributed by atoms with van der Waals surface area (Å²) in [7, 11) is -3.27. The van der Waals surface area contributed by atoms with Crippen LogP contribution in [0.5, 0.6) is 0 Å². The maximum Gasteiger partial charge on any atom is 0.233 e. The molecule has 0 saturated carbocycles. The average Bonchev–Trinajstić information content (AvgIpc) is 3.04. The van der Waals surface area contributed by atoms with Gasteiger partial charge in [-0.1, -0.05) is 51.7 Å². The summed E-state index contributed by atoms with van der Waals surface area (Å²) in [5.74, 6) is 0.585. The van der Waals surface area contributed by atoms with Gasteiger partial charge in [0.2, 0.25) is 11.0 Å². The molecule has 1 aromatic heterocycles. The molecule has 0 saturated heterocycles. The van der Waals surface area contributed by atoms with Gasteiger partial charge in [-0.25, -0.2) is 13.4 Å². The largest absolute Gasteiger partial charge is 0.300 e. The van der Waals surface area contributed by atoms with Crippen molar-refractivity contribution in [3.8, 4) is 0 Å². The molecule has 1 heterocycles. The lowest BCUT2D eigenvalue weighted by atomic mass is 9.84. The minimum Gasteiger partial charge on any atom is -0.300 e. The third-order valence-corrected chi connectivity index (χ3v) is 6.60. The lowest BCUT2D eigenvalue weighted by molar-refractivity contribution is -0.118. The van der Waals surface area contributed by atoms with Gasteiger partial charge in [0.05, 0.1) is 10.8 Å². The van der Waals surface area contributed by atoms with Gasteiger partial charge in [-0.15, -0.1) is 0 Å². The summed E-state index contributed by atoms with van der Waals surface area (Å²) < 4.78 is 27.6. The van der Waals surface area contributed by atoms with Crippen molar-refractivity contribution < 1.29 is 13.2 Å². The summed E-state index contributed by atoms with van der Waals surface area (Å²) in [6.07, 6.45) is 6.18.